The highest BCUT2D eigenvalue weighted by atomic mass is 16.5. The second kappa shape index (κ2) is 4.06. The zero-order chi connectivity index (χ0) is 12.8. The van der Waals surface area contributed by atoms with Gasteiger partial charge in [-0.15, -0.1) is 0 Å². The smallest absolute Gasteiger partial charge is 0.275 e. The minimum atomic E-state index is 0.0354. The number of amides is 1. The second-order valence-electron chi connectivity index (χ2n) is 5.25. The first-order chi connectivity index (χ1) is 9.34. The molecule has 0 aliphatic carbocycles. The minimum Gasteiger partial charge on any atom is -0.377 e. The highest BCUT2D eigenvalue weighted by molar-refractivity contribution is 6.05. The Morgan fingerprint density at radius 3 is 2.79 bits per heavy atom. The van der Waals surface area contributed by atoms with Crippen LogP contribution in [-0.2, 0) is 4.74 Å². The molecule has 0 spiro atoms. The Bertz CT molecular complexity index is 620. The summed E-state index contributed by atoms with van der Waals surface area (Å²) in [7, 11) is 0. The molecule has 19 heavy (non-hydrogen) atoms. The lowest BCUT2D eigenvalue weighted by molar-refractivity contribution is -0.00736. The Balaban J connectivity index is 1.74. The summed E-state index contributed by atoms with van der Waals surface area (Å²) < 4.78 is 5.52. The van der Waals surface area contributed by atoms with Crippen molar-refractivity contribution in [3.8, 4) is 0 Å². The first kappa shape index (κ1) is 11.0. The van der Waals surface area contributed by atoms with E-state index >= 15 is 0 Å². The average Bonchev–Trinajstić information content (AvgIpc) is 2.97. The molecule has 1 aromatic carbocycles. The number of rotatable bonds is 1. The van der Waals surface area contributed by atoms with Crippen molar-refractivity contribution >= 4 is 16.8 Å². The van der Waals surface area contributed by atoms with Crippen molar-refractivity contribution in [3.63, 3.8) is 0 Å². The SMILES string of the molecule is O=C(c1n[nH]c2ccccc12)N1C2CCC1COC2. The third-order valence-electron chi connectivity index (χ3n) is 4.15. The van der Waals surface area contributed by atoms with Crippen LogP contribution in [0.1, 0.15) is 23.3 Å². The summed E-state index contributed by atoms with van der Waals surface area (Å²) in [4.78, 5) is 14.7. The average molecular weight is 257 g/mol. The predicted molar refractivity (Wildman–Crippen MR) is 69.9 cm³/mol. The maximum Gasteiger partial charge on any atom is 0.275 e. The molecule has 2 aromatic rings. The van der Waals surface area contributed by atoms with Gasteiger partial charge >= 0.3 is 0 Å². The van der Waals surface area contributed by atoms with Crippen LogP contribution in [0.4, 0.5) is 0 Å². The van der Waals surface area contributed by atoms with Crippen LogP contribution in [0.25, 0.3) is 10.9 Å². The second-order valence-corrected chi connectivity index (χ2v) is 5.25. The molecule has 1 N–H and O–H groups in total. The molecule has 0 saturated carbocycles. The lowest BCUT2D eigenvalue weighted by atomic mass is 10.1. The molecule has 2 aliphatic rings. The number of benzene rings is 1. The number of para-hydroxylation sites is 1. The van der Waals surface area contributed by atoms with Crippen LogP contribution in [-0.4, -0.2) is 46.3 Å². The fraction of sp³-hybridized carbons (Fsp3) is 0.429. The molecule has 2 aliphatic heterocycles. The van der Waals surface area contributed by atoms with E-state index in [1.54, 1.807) is 0 Å². The minimum absolute atomic E-state index is 0.0354. The number of hydrogen-bond donors (Lipinski definition) is 1. The number of hydrogen-bond acceptors (Lipinski definition) is 3. The summed E-state index contributed by atoms with van der Waals surface area (Å²) in [6, 6.07) is 8.19. The van der Waals surface area contributed by atoms with Gasteiger partial charge in [0.2, 0.25) is 0 Å². The van der Waals surface area contributed by atoms with Gasteiger partial charge < -0.3 is 9.64 Å². The predicted octanol–water partition coefficient (Wildman–Crippen LogP) is 1.57. The third-order valence-corrected chi connectivity index (χ3v) is 4.15. The lowest BCUT2D eigenvalue weighted by Crippen LogP contribution is -2.49. The van der Waals surface area contributed by atoms with Gasteiger partial charge in [0.15, 0.2) is 5.69 Å². The Labute approximate surface area is 110 Å². The van der Waals surface area contributed by atoms with E-state index in [0.29, 0.717) is 18.9 Å². The number of carbonyl (C=O) groups is 1. The molecule has 5 heteroatoms. The van der Waals surface area contributed by atoms with Gasteiger partial charge in [-0.25, -0.2) is 0 Å². The van der Waals surface area contributed by atoms with Gasteiger partial charge in [0.1, 0.15) is 0 Å². The van der Waals surface area contributed by atoms with Gasteiger partial charge in [0.25, 0.3) is 5.91 Å². The van der Waals surface area contributed by atoms with E-state index in [2.05, 4.69) is 10.2 Å². The summed E-state index contributed by atoms with van der Waals surface area (Å²) in [6.07, 6.45) is 2.08. The third kappa shape index (κ3) is 1.58. The van der Waals surface area contributed by atoms with Crippen LogP contribution in [0, 0.1) is 0 Å². The van der Waals surface area contributed by atoms with E-state index in [1.807, 2.05) is 29.2 Å². The first-order valence-corrected chi connectivity index (χ1v) is 6.68. The van der Waals surface area contributed by atoms with Crippen LogP contribution in [0.3, 0.4) is 0 Å². The van der Waals surface area contributed by atoms with Crippen molar-refractivity contribution in [2.75, 3.05) is 13.2 Å². The van der Waals surface area contributed by atoms with E-state index in [1.165, 1.54) is 0 Å². The summed E-state index contributed by atoms with van der Waals surface area (Å²) in [5.74, 6) is 0.0354. The molecule has 2 fully saturated rings. The Kier molecular flexibility index (Phi) is 2.35. The van der Waals surface area contributed by atoms with Crippen LogP contribution in [0.2, 0.25) is 0 Å². The number of nitrogens with zero attached hydrogens (tertiary/aromatic N) is 2. The molecular formula is C14H15N3O2. The molecule has 4 rings (SSSR count). The fourth-order valence-corrected chi connectivity index (χ4v) is 3.21. The standard InChI is InChI=1S/C14H15N3O2/c18-14(17-9-5-6-10(17)8-19-7-9)13-11-3-1-2-4-12(11)15-16-13/h1-4,9-10H,5-8H2,(H,15,16). The maximum absolute atomic E-state index is 12.7. The van der Waals surface area contributed by atoms with Gasteiger partial charge in [-0.05, 0) is 18.9 Å². The number of fused-ring (bicyclic) bond motifs is 3. The highest BCUT2D eigenvalue weighted by Gasteiger charge is 2.41. The van der Waals surface area contributed by atoms with E-state index in [9.17, 15) is 4.79 Å². The van der Waals surface area contributed by atoms with Crippen molar-refractivity contribution in [3.05, 3.63) is 30.0 Å². The summed E-state index contributed by atoms with van der Waals surface area (Å²) >= 11 is 0. The Morgan fingerprint density at radius 2 is 2.00 bits per heavy atom. The summed E-state index contributed by atoms with van der Waals surface area (Å²) in [6.45, 7) is 1.31. The molecule has 3 heterocycles. The maximum atomic E-state index is 12.7. The quantitative estimate of drug-likeness (QED) is 0.843. The van der Waals surface area contributed by atoms with Crippen LogP contribution in [0.15, 0.2) is 24.3 Å². The largest absolute Gasteiger partial charge is 0.377 e. The fourth-order valence-electron chi connectivity index (χ4n) is 3.21. The molecule has 2 saturated heterocycles. The number of ether oxygens (including phenoxy) is 1. The Hall–Kier alpha value is -1.88. The number of H-pyrrole nitrogens is 1. The van der Waals surface area contributed by atoms with Crippen molar-refractivity contribution in [1.29, 1.82) is 0 Å². The number of morpholine rings is 1. The van der Waals surface area contributed by atoms with E-state index in [0.717, 1.165) is 23.7 Å². The molecule has 1 aromatic heterocycles. The van der Waals surface area contributed by atoms with Gasteiger partial charge in [0, 0.05) is 5.39 Å². The molecule has 1 amide bonds. The highest BCUT2D eigenvalue weighted by Crippen LogP contribution is 2.31. The zero-order valence-corrected chi connectivity index (χ0v) is 10.5. The lowest BCUT2D eigenvalue weighted by Gasteiger charge is -2.34. The molecule has 2 unspecified atom stereocenters. The summed E-state index contributed by atoms with van der Waals surface area (Å²) in [5, 5.41) is 8.04. The number of aromatic nitrogens is 2. The Morgan fingerprint density at radius 1 is 1.26 bits per heavy atom. The molecule has 2 bridgehead atoms. The van der Waals surface area contributed by atoms with Crippen LogP contribution in [0.5, 0.6) is 0 Å². The van der Waals surface area contributed by atoms with Gasteiger partial charge in [-0.3, -0.25) is 9.89 Å². The number of carbonyl (C=O) groups excluding carboxylic acids is 1. The van der Waals surface area contributed by atoms with Crippen LogP contribution >= 0.6 is 0 Å². The van der Waals surface area contributed by atoms with Gasteiger partial charge in [-0.2, -0.15) is 5.10 Å². The van der Waals surface area contributed by atoms with Gasteiger partial charge in [0.05, 0.1) is 30.8 Å². The monoisotopic (exact) mass is 257 g/mol. The van der Waals surface area contributed by atoms with Crippen molar-refractivity contribution in [1.82, 2.24) is 15.1 Å². The topological polar surface area (TPSA) is 58.2 Å². The molecular weight excluding hydrogens is 242 g/mol. The van der Waals surface area contributed by atoms with Crippen molar-refractivity contribution in [2.45, 2.75) is 24.9 Å². The molecule has 5 nitrogen and oxygen atoms in total. The summed E-state index contributed by atoms with van der Waals surface area (Å²) in [5.41, 5.74) is 1.45. The first-order valence-electron chi connectivity index (χ1n) is 6.68. The number of nitrogens with one attached hydrogen (secondary N) is 1. The van der Waals surface area contributed by atoms with Gasteiger partial charge in [-0.1, -0.05) is 18.2 Å². The normalized spacial score (nSPS) is 26.0. The van der Waals surface area contributed by atoms with Crippen molar-refractivity contribution < 1.29 is 9.53 Å². The van der Waals surface area contributed by atoms with Crippen molar-refractivity contribution in [2.24, 2.45) is 0 Å². The number of aromatic amines is 1. The zero-order valence-electron chi connectivity index (χ0n) is 10.5. The van der Waals surface area contributed by atoms with Crippen LogP contribution < -0.4 is 0 Å². The van der Waals surface area contributed by atoms with E-state index in [4.69, 9.17) is 4.74 Å². The molecule has 98 valence electrons. The van der Waals surface area contributed by atoms with E-state index < -0.39 is 0 Å². The molecule has 2 atom stereocenters. The molecule has 0 radical (unpaired) electrons. The van der Waals surface area contributed by atoms with E-state index in [-0.39, 0.29) is 18.0 Å².